The van der Waals surface area contributed by atoms with E-state index in [9.17, 15) is 9.59 Å². The van der Waals surface area contributed by atoms with Crippen LogP contribution in [0.5, 0.6) is 0 Å². The van der Waals surface area contributed by atoms with Crippen LogP contribution in [0.3, 0.4) is 0 Å². The monoisotopic (exact) mass is 821 g/mol. The van der Waals surface area contributed by atoms with Crippen LogP contribution in [0.25, 0.3) is 0 Å². The molecule has 8 nitrogen and oxygen atoms in total. The second-order valence-electron chi connectivity index (χ2n) is 18.5. The predicted octanol–water partition coefficient (Wildman–Crippen LogP) is 12.8. The van der Waals surface area contributed by atoms with E-state index in [2.05, 4.69) is 6.92 Å². The van der Waals surface area contributed by atoms with Crippen LogP contribution in [0.1, 0.15) is 226 Å². The molecular formula is C50H92O8. The maximum atomic E-state index is 12.9. The van der Waals surface area contributed by atoms with Gasteiger partial charge in [-0.1, -0.05) is 116 Å². The van der Waals surface area contributed by atoms with Crippen molar-refractivity contribution >= 4 is 11.8 Å². The summed E-state index contributed by atoms with van der Waals surface area (Å²) in [6, 6.07) is 0. The molecule has 3 aliphatic carbocycles. The molecule has 0 aliphatic heterocycles. The first-order valence-electron chi connectivity index (χ1n) is 25.1. The molecule has 3 aliphatic rings. The van der Waals surface area contributed by atoms with Crippen molar-refractivity contribution in [1.29, 1.82) is 0 Å². The van der Waals surface area contributed by atoms with E-state index in [1.807, 2.05) is 0 Å². The summed E-state index contributed by atoms with van der Waals surface area (Å²) >= 11 is 0. The summed E-state index contributed by atoms with van der Waals surface area (Å²) in [5, 5.41) is 0. The fourth-order valence-corrected chi connectivity index (χ4v) is 9.47. The molecule has 0 aromatic rings. The highest BCUT2D eigenvalue weighted by Crippen LogP contribution is 2.33. The van der Waals surface area contributed by atoms with E-state index < -0.39 is 0 Å². The Morgan fingerprint density at radius 3 is 1.21 bits per heavy atom. The van der Waals surface area contributed by atoms with Crippen molar-refractivity contribution in [2.75, 3.05) is 40.1 Å². The van der Waals surface area contributed by atoms with Crippen LogP contribution in [0.15, 0.2) is 0 Å². The molecule has 3 unspecified atom stereocenters. The van der Waals surface area contributed by atoms with E-state index in [-0.39, 0.29) is 29.7 Å². The number of Topliss-reactive ketones (excluding diaryl/α,β-unsaturated/α-hetero) is 1. The van der Waals surface area contributed by atoms with Crippen LogP contribution in [-0.4, -0.2) is 82.4 Å². The predicted molar refractivity (Wildman–Crippen MR) is 236 cm³/mol. The van der Waals surface area contributed by atoms with Gasteiger partial charge < -0.3 is 28.4 Å². The molecule has 3 atom stereocenters. The van der Waals surface area contributed by atoms with E-state index in [4.69, 9.17) is 28.4 Å². The van der Waals surface area contributed by atoms with Crippen molar-refractivity contribution in [3.05, 3.63) is 0 Å². The summed E-state index contributed by atoms with van der Waals surface area (Å²) in [6.45, 7) is 7.83. The van der Waals surface area contributed by atoms with Gasteiger partial charge in [-0.15, -0.1) is 0 Å². The third-order valence-electron chi connectivity index (χ3n) is 13.3. The zero-order chi connectivity index (χ0) is 41.3. The topological polar surface area (TPSA) is 89.5 Å². The molecule has 3 saturated carbocycles. The average molecular weight is 821 g/mol. The van der Waals surface area contributed by atoms with Gasteiger partial charge in [0.05, 0.1) is 43.0 Å². The molecule has 0 N–H and O–H groups in total. The molecule has 58 heavy (non-hydrogen) atoms. The first-order chi connectivity index (χ1) is 28.5. The van der Waals surface area contributed by atoms with Gasteiger partial charge in [-0.2, -0.15) is 0 Å². The lowest BCUT2D eigenvalue weighted by atomic mass is 9.78. The summed E-state index contributed by atoms with van der Waals surface area (Å²) < 4.78 is 36.1. The van der Waals surface area contributed by atoms with Crippen molar-refractivity contribution in [3.63, 3.8) is 0 Å². The van der Waals surface area contributed by atoms with Crippen LogP contribution in [0, 0.1) is 11.8 Å². The molecule has 0 heterocycles. The highest BCUT2D eigenvalue weighted by Gasteiger charge is 2.36. The maximum Gasteiger partial charge on any atom is 0.309 e. The number of ether oxygens (including phenoxy) is 6. The number of hydrogen-bond donors (Lipinski definition) is 0. The molecule has 3 fully saturated rings. The minimum Gasteiger partial charge on any atom is -0.465 e. The second-order valence-corrected chi connectivity index (χ2v) is 18.5. The van der Waals surface area contributed by atoms with Gasteiger partial charge >= 0.3 is 5.97 Å². The van der Waals surface area contributed by atoms with Crippen LogP contribution in [0.2, 0.25) is 0 Å². The number of ketones is 1. The molecule has 0 spiro atoms. The smallest absolute Gasteiger partial charge is 0.309 e. The molecule has 340 valence electrons. The van der Waals surface area contributed by atoms with Gasteiger partial charge in [0, 0.05) is 39.5 Å². The lowest BCUT2D eigenvalue weighted by molar-refractivity contribution is -0.153. The summed E-state index contributed by atoms with van der Waals surface area (Å²) in [7, 11) is 1.79. The van der Waals surface area contributed by atoms with Crippen LogP contribution >= 0.6 is 0 Å². The summed E-state index contributed by atoms with van der Waals surface area (Å²) in [6.07, 6.45) is 40.1. The highest BCUT2D eigenvalue weighted by atomic mass is 16.5. The third-order valence-corrected chi connectivity index (χ3v) is 13.3. The molecule has 8 heteroatoms. The van der Waals surface area contributed by atoms with Gasteiger partial charge in [-0.3, -0.25) is 9.59 Å². The van der Waals surface area contributed by atoms with Crippen LogP contribution in [-0.2, 0) is 38.0 Å². The number of carbonyl (C=O) groups is 2. The summed E-state index contributed by atoms with van der Waals surface area (Å²) in [5.74, 6) is -0.262. The maximum absolute atomic E-state index is 12.9. The Morgan fingerprint density at radius 2 is 0.776 bits per heavy atom. The zero-order valence-electron chi connectivity index (χ0n) is 38.2. The van der Waals surface area contributed by atoms with Crippen molar-refractivity contribution in [2.24, 2.45) is 11.8 Å². The van der Waals surface area contributed by atoms with E-state index >= 15 is 0 Å². The Balaban J connectivity index is 1.07. The van der Waals surface area contributed by atoms with Crippen molar-refractivity contribution in [1.82, 2.24) is 0 Å². The number of rotatable bonds is 36. The molecule has 3 rings (SSSR count). The average Bonchev–Trinajstić information content (AvgIpc) is 3.23. The first kappa shape index (κ1) is 51.3. The van der Waals surface area contributed by atoms with Gasteiger partial charge in [0.15, 0.2) is 0 Å². The van der Waals surface area contributed by atoms with E-state index in [1.54, 1.807) is 14.0 Å². The Bertz CT molecular complexity index is 975. The Kier molecular flexibility index (Phi) is 30.5. The van der Waals surface area contributed by atoms with Gasteiger partial charge in [-0.05, 0) is 110 Å². The van der Waals surface area contributed by atoms with Gasteiger partial charge in [0.1, 0.15) is 5.78 Å². The van der Waals surface area contributed by atoms with Crippen molar-refractivity contribution in [2.45, 2.75) is 256 Å². The number of methoxy groups -OCH3 is 1. The van der Waals surface area contributed by atoms with Crippen molar-refractivity contribution in [3.8, 4) is 0 Å². The molecule has 0 aromatic carbocycles. The summed E-state index contributed by atoms with van der Waals surface area (Å²) in [4.78, 5) is 25.1. The summed E-state index contributed by atoms with van der Waals surface area (Å²) in [5.41, 5.74) is 0. The van der Waals surface area contributed by atoms with E-state index in [0.717, 1.165) is 110 Å². The minimum atomic E-state index is -0.215. The molecule has 0 bridgehead atoms. The van der Waals surface area contributed by atoms with Gasteiger partial charge in [0.25, 0.3) is 0 Å². The van der Waals surface area contributed by atoms with Gasteiger partial charge in [0.2, 0.25) is 0 Å². The highest BCUT2D eigenvalue weighted by molar-refractivity contribution is 5.80. The number of esters is 1. The standard InChI is InChI=1S/C50H92O8/c1-4-5-6-7-17-24-37-56-49-40-43(42(2)51)39-44(41-49)50(52)57-38-25-20-15-11-10-14-19-23-36-55-46-28-32-48(33-29-46)58-47-30-26-45(27-31-47)54-35-22-18-13-9-8-12-16-21-34-53-3/h43-49H,4-41H2,1-3H3. The Labute approximate surface area is 357 Å². The first-order valence-corrected chi connectivity index (χ1v) is 25.1. The zero-order valence-corrected chi connectivity index (χ0v) is 38.2. The SMILES string of the molecule is CCCCCCCCOC1CC(C(C)=O)CC(C(=O)OCCCCCCCCCCOC2CCC(OC3CCC(OCCCCCCCCCCOC)CC3)CC2)C1. The quantitative estimate of drug-likeness (QED) is 0.0456. The molecular weight excluding hydrogens is 729 g/mol. The molecule has 0 saturated heterocycles. The Morgan fingerprint density at radius 1 is 0.414 bits per heavy atom. The molecule has 0 aromatic heterocycles. The lowest BCUT2D eigenvalue weighted by Crippen LogP contribution is -2.36. The minimum absolute atomic E-state index is 0.00836. The fraction of sp³-hybridized carbons (Fsp3) is 0.960. The number of unbranched alkanes of at least 4 members (excludes halogenated alkanes) is 19. The Hall–Kier alpha value is -1.06. The normalized spacial score (nSPS) is 25.2. The molecule has 0 radical (unpaired) electrons. The van der Waals surface area contributed by atoms with E-state index in [0.29, 0.717) is 43.9 Å². The van der Waals surface area contributed by atoms with Crippen LogP contribution in [0.4, 0.5) is 0 Å². The number of hydrogen-bond acceptors (Lipinski definition) is 8. The van der Waals surface area contributed by atoms with Crippen molar-refractivity contribution < 1.29 is 38.0 Å². The van der Waals surface area contributed by atoms with Gasteiger partial charge in [-0.25, -0.2) is 0 Å². The van der Waals surface area contributed by atoms with E-state index in [1.165, 1.54) is 116 Å². The largest absolute Gasteiger partial charge is 0.465 e. The number of carbonyl (C=O) groups excluding carboxylic acids is 2. The second kappa shape index (κ2) is 34.5. The molecule has 0 amide bonds. The lowest BCUT2D eigenvalue weighted by Gasteiger charge is -2.34. The fourth-order valence-electron chi connectivity index (χ4n) is 9.47. The third kappa shape index (κ3) is 25.0. The van der Waals surface area contributed by atoms with Crippen LogP contribution < -0.4 is 0 Å².